The number of carbonyl (C=O) groups excluding carboxylic acids is 1. The number of nitrogens with zero attached hydrogens (tertiary/aromatic N) is 1. The van der Waals surface area contributed by atoms with Crippen molar-refractivity contribution in [1.82, 2.24) is 10.3 Å². The number of hydrogen-bond donors (Lipinski definition) is 3. The molecule has 33 heavy (non-hydrogen) atoms. The summed E-state index contributed by atoms with van der Waals surface area (Å²) in [5.74, 6) is -0.111. The van der Waals surface area contributed by atoms with E-state index < -0.39 is 17.9 Å². The van der Waals surface area contributed by atoms with Crippen LogP contribution in [0.5, 0.6) is 5.75 Å². The molecule has 1 amide bonds. The lowest BCUT2D eigenvalue weighted by atomic mass is 9.96. The number of carbonyl (C=O) groups is 2. The molecule has 1 aromatic heterocycles. The topological polar surface area (TPSA) is 101 Å². The number of methoxy groups -OCH3 is 1. The highest BCUT2D eigenvalue weighted by atomic mass is 32.2. The number of aliphatic carboxylic acids is 1. The zero-order valence-corrected chi connectivity index (χ0v) is 19.4. The van der Waals surface area contributed by atoms with Crippen LogP contribution in [0.3, 0.4) is 0 Å². The van der Waals surface area contributed by atoms with E-state index in [1.54, 1.807) is 43.4 Å². The number of carboxylic acid groups (broad SMARTS) is 1. The first kappa shape index (κ1) is 24.1. The van der Waals surface area contributed by atoms with Crippen molar-refractivity contribution in [3.8, 4) is 16.9 Å². The Hall–Kier alpha value is -3.52. The molecule has 0 aliphatic heterocycles. The molecule has 3 rings (SSSR count). The first-order chi connectivity index (χ1) is 16.0. The minimum Gasteiger partial charge on any atom is -0.494 e. The smallest absolute Gasteiger partial charge is 0.326 e. The summed E-state index contributed by atoms with van der Waals surface area (Å²) in [6.45, 7) is 0.495. The standard InChI is InChI=1S/C25H27N3O4S/c1-32-23-10-12-26-16-22(23)27-15-17-8-9-19(20(14-17)18-6-4-3-5-7-18)24(29)28-21(25(30)31)11-13-33-2/h3-10,12,14,16,21,27H,11,13,15H2,1-2H3,(H,28,29)(H,30,31). The van der Waals surface area contributed by atoms with Crippen LogP contribution >= 0.6 is 11.8 Å². The molecule has 8 heteroatoms. The Balaban J connectivity index is 1.88. The molecule has 0 fully saturated rings. The predicted molar refractivity (Wildman–Crippen MR) is 132 cm³/mol. The SMILES string of the molecule is COc1ccncc1NCc1ccc(C(=O)NC(CCSC)C(=O)O)c(-c2ccccc2)c1. The van der Waals surface area contributed by atoms with E-state index in [1.807, 2.05) is 48.7 Å². The highest BCUT2D eigenvalue weighted by molar-refractivity contribution is 7.98. The van der Waals surface area contributed by atoms with Crippen LogP contribution in [-0.4, -0.2) is 47.1 Å². The molecule has 0 bridgehead atoms. The van der Waals surface area contributed by atoms with Gasteiger partial charge in [-0.25, -0.2) is 4.79 Å². The van der Waals surface area contributed by atoms with E-state index in [9.17, 15) is 14.7 Å². The second-order valence-corrected chi connectivity index (χ2v) is 8.31. The summed E-state index contributed by atoms with van der Waals surface area (Å²) < 4.78 is 5.36. The fraction of sp³-hybridized carbons (Fsp3) is 0.240. The van der Waals surface area contributed by atoms with Crippen LogP contribution in [0, 0.1) is 0 Å². The van der Waals surface area contributed by atoms with Crippen molar-refractivity contribution < 1.29 is 19.4 Å². The van der Waals surface area contributed by atoms with Gasteiger partial charge in [0.25, 0.3) is 5.91 Å². The van der Waals surface area contributed by atoms with Gasteiger partial charge in [-0.15, -0.1) is 0 Å². The van der Waals surface area contributed by atoms with E-state index in [0.29, 0.717) is 30.0 Å². The van der Waals surface area contributed by atoms with Crippen LogP contribution in [0.15, 0.2) is 67.0 Å². The van der Waals surface area contributed by atoms with E-state index in [-0.39, 0.29) is 0 Å². The van der Waals surface area contributed by atoms with Gasteiger partial charge in [0.05, 0.1) is 19.0 Å². The zero-order chi connectivity index (χ0) is 23.6. The van der Waals surface area contributed by atoms with Crippen molar-refractivity contribution in [1.29, 1.82) is 0 Å². The normalized spacial score (nSPS) is 11.5. The molecular formula is C25H27N3O4S. The fourth-order valence-corrected chi connectivity index (χ4v) is 3.85. The van der Waals surface area contributed by atoms with Crippen LogP contribution < -0.4 is 15.4 Å². The van der Waals surface area contributed by atoms with E-state index in [4.69, 9.17) is 4.74 Å². The number of carboxylic acids is 1. The fourth-order valence-electron chi connectivity index (χ4n) is 3.37. The van der Waals surface area contributed by atoms with Crippen molar-refractivity contribution in [3.63, 3.8) is 0 Å². The van der Waals surface area contributed by atoms with E-state index in [0.717, 1.165) is 22.4 Å². The number of rotatable bonds is 11. The summed E-state index contributed by atoms with van der Waals surface area (Å²) in [7, 11) is 1.60. The second-order valence-electron chi connectivity index (χ2n) is 7.32. The van der Waals surface area contributed by atoms with Gasteiger partial charge >= 0.3 is 5.97 Å². The lowest BCUT2D eigenvalue weighted by molar-refractivity contribution is -0.139. The van der Waals surface area contributed by atoms with Crippen molar-refractivity contribution in [2.75, 3.05) is 24.4 Å². The molecule has 7 nitrogen and oxygen atoms in total. The summed E-state index contributed by atoms with van der Waals surface area (Å²) in [6, 6.07) is 15.9. The van der Waals surface area contributed by atoms with Gasteiger partial charge in [0.15, 0.2) is 0 Å². The van der Waals surface area contributed by atoms with Gasteiger partial charge in [-0.1, -0.05) is 36.4 Å². The average molecular weight is 466 g/mol. The van der Waals surface area contributed by atoms with Crippen molar-refractivity contribution in [2.45, 2.75) is 19.0 Å². The molecule has 172 valence electrons. The van der Waals surface area contributed by atoms with Gasteiger partial charge < -0.3 is 20.5 Å². The maximum atomic E-state index is 13.1. The second kappa shape index (κ2) is 11.9. The van der Waals surface area contributed by atoms with Gasteiger partial charge in [-0.05, 0) is 47.3 Å². The molecular weight excluding hydrogens is 438 g/mol. The van der Waals surface area contributed by atoms with Gasteiger partial charge in [-0.2, -0.15) is 11.8 Å². The molecule has 3 aromatic rings. The van der Waals surface area contributed by atoms with Crippen LogP contribution in [-0.2, 0) is 11.3 Å². The molecule has 1 atom stereocenters. The third-order valence-electron chi connectivity index (χ3n) is 5.11. The summed E-state index contributed by atoms with van der Waals surface area (Å²) in [5.41, 5.74) is 3.76. The highest BCUT2D eigenvalue weighted by Crippen LogP contribution is 2.27. The van der Waals surface area contributed by atoms with Gasteiger partial charge in [0.1, 0.15) is 11.8 Å². The Morgan fingerprint density at radius 3 is 2.64 bits per heavy atom. The summed E-state index contributed by atoms with van der Waals surface area (Å²) in [5, 5.41) is 15.5. The number of thioether (sulfide) groups is 1. The third-order valence-corrected chi connectivity index (χ3v) is 5.76. The Kier molecular flexibility index (Phi) is 8.71. The van der Waals surface area contributed by atoms with Crippen molar-refractivity contribution >= 4 is 29.3 Å². The Bertz CT molecular complexity index is 1090. The maximum Gasteiger partial charge on any atom is 0.326 e. The van der Waals surface area contributed by atoms with Gasteiger partial charge in [0.2, 0.25) is 0 Å². The van der Waals surface area contributed by atoms with Crippen LogP contribution in [0.25, 0.3) is 11.1 Å². The predicted octanol–water partition coefficient (Wildman–Crippen LogP) is 4.31. The number of benzene rings is 2. The number of nitrogens with one attached hydrogen (secondary N) is 2. The first-order valence-electron chi connectivity index (χ1n) is 10.5. The van der Waals surface area contributed by atoms with E-state index in [2.05, 4.69) is 15.6 Å². The number of hydrogen-bond acceptors (Lipinski definition) is 6. The molecule has 1 unspecified atom stereocenters. The zero-order valence-electron chi connectivity index (χ0n) is 18.6. The molecule has 0 saturated heterocycles. The number of amides is 1. The lowest BCUT2D eigenvalue weighted by Crippen LogP contribution is -2.41. The number of pyridine rings is 1. The summed E-state index contributed by atoms with van der Waals surface area (Å²) >= 11 is 1.54. The highest BCUT2D eigenvalue weighted by Gasteiger charge is 2.22. The number of anilines is 1. The Labute approximate surface area is 197 Å². The van der Waals surface area contributed by atoms with Gasteiger partial charge in [-0.3, -0.25) is 9.78 Å². The minimum atomic E-state index is -1.04. The van der Waals surface area contributed by atoms with Crippen molar-refractivity contribution in [3.05, 3.63) is 78.1 Å². The summed E-state index contributed by atoms with van der Waals surface area (Å²) in [4.78, 5) is 28.8. The Morgan fingerprint density at radius 2 is 1.94 bits per heavy atom. The third kappa shape index (κ3) is 6.49. The quantitative estimate of drug-likeness (QED) is 0.388. The maximum absolute atomic E-state index is 13.1. The minimum absolute atomic E-state index is 0.359. The van der Waals surface area contributed by atoms with Crippen LogP contribution in [0.2, 0.25) is 0 Å². The number of ether oxygens (including phenoxy) is 1. The Morgan fingerprint density at radius 1 is 1.15 bits per heavy atom. The van der Waals surface area contributed by atoms with Gasteiger partial charge in [0, 0.05) is 24.4 Å². The molecule has 0 aliphatic carbocycles. The molecule has 0 saturated carbocycles. The molecule has 3 N–H and O–H groups in total. The molecule has 0 spiro atoms. The number of aromatic nitrogens is 1. The molecule has 1 heterocycles. The largest absolute Gasteiger partial charge is 0.494 e. The molecule has 2 aromatic carbocycles. The van der Waals surface area contributed by atoms with E-state index >= 15 is 0 Å². The first-order valence-corrected chi connectivity index (χ1v) is 11.9. The van der Waals surface area contributed by atoms with E-state index in [1.165, 1.54) is 0 Å². The monoisotopic (exact) mass is 465 g/mol. The summed E-state index contributed by atoms with van der Waals surface area (Å²) in [6.07, 6.45) is 5.62. The van der Waals surface area contributed by atoms with Crippen LogP contribution in [0.4, 0.5) is 5.69 Å². The lowest BCUT2D eigenvalue weighted by Gasteiger charge is -2.17. The molecule has 0 radical (unpaired) electrons. The van der Waals surface area contributed by atoms with Crippen molar-refractivity contribution in [2.24, 2.45) is 0 Å². The molecule has 0 aliphatic rings. The van der Waals surface area contributed by atoms with Crippen LogP contribution in [0.1, 0.15) is 22.3 Å². The average Bonchev–Trinajstić information content (AvgIpc) is 2.85.